The van der Waals surface area contributed by atoms with Gasteiger partial charge < -0.3 is 45.2 Å². The second kappa shape index (κ2) is 22.6. The minimum Gasteiger partial charge on any atom is -0.492 e. The van der Waals surface area contributed by atoms with Gasteiger partial charge in [0.2, 0.25) is 0 Å². The Bertz CT molecular complexity index is 1180. The molecule has 6 N–H and O–H groups in total. The van der Waals surface area contributed by atoms with Crippen molar-refractivity contribution in [2.45, 2.75) is 26.0 Å². The number of carboxylic acid groups (broad SMARTS) is 4. The molecular weight excluding hydrogens is 602 g/mol. The first-order valence-electron chi connectivity index (χ1n) is 14.4. The number of anilines is 1. The maximum atomic E-state index is 9.92. The molecule has 1 aliphatic rings. The van der Waals surface area contributed by atoms with Gasteiger partial charge in [-0.15, -0.1) is 0 Å². The Hall–Kier alpha value is -4.92. The molecule has 3 rings (SSSR count). The van der Waals surface area contributed by atoms with Gasteiger partial charge in [-0.2, -0.15) is 0 Å². The van der Waals surface area contributed by atoms with Crippen LogP contribution in [0.1, 0.15) is 13.8 Å². The van der Waals surface area contributed by atoms with Crippen LogP contribution in [0.2, 0.25) is 0 Å². The van der Waals surface area contributed by atoms with Crippen molar-refractivity contribution < 1.29 is 54.2 Å². The molecule has 14 heteroatoms. The van der Waals surface area contributed by atoms with Gasteiger partial charge >= 0.3 is 23.9 Å². The highest BCUT2D eigenvalue weighted by Crippen LogP contribution is 2.18. The van der Waals surface area contributed by atoms with Crippen LogP contribution >= 0.6 is 0 Å². The van der Waals surface area contributed by atoms with Crippen LogP contribution in [-0.2, 0) is 19.2 Å². The molecule has 1 fully saturated rings. The summed E-state index contributed by atoms with van der Waals surface area (Å²) in [5.41, 5.74) is 1.31. The lowest BCUT2D eigenvalue weighted by Crippen LogP contribution is -2.47. The molecule has 2 aromatic carbocycles. The van der Waals surface area contributed by atoms with Crippen molar-refractivity contribution in [1.82, 2.24) is 10.2 Å². The van der Waals surface area contributed by atoms with Crippen molar-refractivity contribution in [1.29, 1.82) is 0 Å². The van der Waals surface area contributed by atoms with Gasteiger partial charge in [0.05, 0.1) is 0 Å². The Labute approximate surface area is 267 Å². The van der Waals surface area contributed by atoms with E-state index in [1.165, 1.54) is 5.69 Å². The number of nitrogens with zero attached hydrogens (tertiary/aromatic N) is 2. The zero-order chi connectivity index (χ0) is 34.3. The van der Waals surface area contributed by atoms with Crippen molar-refractivity contribution in [3.63, 3.8) is 0 Å². The van der Waals surface area contributed by atoms with E-state index in [-0.39, 0.29) is 6.61 Å². The van der Waals surface area contributed by atoms with Crippen molar-refractivity contribution in [3.8, 4) is 11.5 Å². The number of hydrogen-bond acceptors (Lipinski definition) is 10. The molecule has 0 aliphatic carbocycles. The van der Waals surface area contributed by atoms with Gasteiger partial charge in [0.25, 0.3) is 0 Å². The molecule has 0 unspecified atom stereocenters. The van der Waals surface area contributed by atoms with Crippen LogP contribution in [0, 0.1) is 0 Å². The van der Waals surface area contributed by atoms with Crippen LogP contribution < -0.4 is 19.7 Å². The van der Waals surface area contributed by atoms with Crippen molar-refractivity contribution in [2.24, 2.45) is 0 Å². The molecule has 1 atom stereocenters. The Morgan fingerprint density at radius 1 is 0.739 bits per heavy atom. The summed E-state index contributed by atoms with van der Waals surface area (Å²) >= 11 is 0. The summed E-state index contributed by atoms with van der Waals surface area (Å²) in [5.74, 6) is -3.45. The Morgan fingerprint density at radius 3 is 1.63 bits per heavy atom. The molecule has 1 saturated heterocycles. The monoisotopic (exact) mass is 645 g/mol. The number of nitrogens with one attached hydrogen (secondary N) is 1. The first kappa shape index (κ1) is 39.1. The number of carbonyl (C=O) groups is 4. The van der Waals surface area contributed by atoms with E-state index in [1.54, 1.807) is 0 Å². The second-order valence-electron chi connectivity index (χ2n) is 10.0. The van der Waals surface area contributed by atoms with Crippen LogP contribution in [0.4, 0.5) is 5.69 Å². The average Bonchev–Trinajstić information content (AvgIpc) is 3.03. The van der Waals surface area contributed by atoms with E-state index < -0.39 is 30.0 Å². The molecule has 0 aromatic heterocycles. The fraction of sp³-hybridized carbons (Fsp3) is 0.375. The molecule has 1 heterocycles. The molecule has 0 amide bonds. The fourth-order valence-electron chi connectivity index (χ4n) is 3.70. The maximum absolute atomic E-state index is 9.92. The zero-order valence-corrected chi connectivity index (χ0v) is 25.9. The molecular formula is C32H43N3O11. The van der Waals surface area contributed by atoms with E-state index in [4.69, 9.17) is 29.9 Å². The van der Waals surface area contributed by atoms with Crippen LogP contribution in [-0.4, -0.2) is 119 Å². The lowest BCUT2D eigenvalue weighted by atomic mass is 10.2. The van der Waals surface area contributed by atoms with E-state index in [0.717, 1.165) is 44.2 Å². The van der Waals surface area contributed by atoms with E-state index >= 15 is 0 Å². The molecule has 0 bridgehead atoms. The third-order valence-electron chi connectivity index (χ3n) is 5.93. The number of para-hydroxylation sites is 1. The largest absolute Gasteiger partial charge is 0.492 e. The standard InChI is InChI=1S/C24H35N3O3.2C4H4O4/c1-20(2)25-18-22(28)19-30-24-10-8-23(9-11-24)29-17-16-26-12-14-27(15-13-26)21-6-4-3-5-7-21;2*5-3(6)1-2-4(7)8/h3-11,20,22,25,28H,12-19H2,1-2H3;2*1-2H,(H,5,6)(H,7,8)/b;2*2-1-/t22-;;/m0../s1. The highest BCUT2D eigenvalue weighted by molar-refractivity contribution is 5.90. The molecule has 0 spiro atoms. The second-order valence-corrected chi connectivity index (χ2v) is 10.0. The van der Waals surface area contributed by atoms with E-state index in [0.29, 0.717) is 43.5 Å². The van der Waals surface area contributed by atoms with Crippen LogP contribution in [0.25, 0.3) is 0 Å². The number of aliphatic hydroxyl groups is 1. The Kier molecular flexibility index (Phi) is 19.2. The number of hydrogen-bond donors (Lipinski definition) is 6. The molecule has 14 nitrogen and oxygen atoms in total. The van der Waals surface area contributed by atoms with E-state index in [9.17, 15) is 24.3 Å². The first-order chi connectivity index (χ1) is 21.8. The van der Waals surface area contributed by atoms with Gasteiger partial charge in [0.1, 0.15) is 30.8 Å². The maximum Gasteiger partial charge on any atom is 0.328 e. The number of aliphatic hydroxyl groups excluding tert-OH is 1. The number of piperazine rings is 1. The molecule has 0 saturated carbocycles. The highest BCUT2D eigenvalue weighted by Gasteiger charge is 2.16. The minimum absolute atomic E-state index is 0.273. The SMILES string of the molecule is CC(C)NC[C@H](O)COc1ccc(OCCN2CCN(c3ccccc3)CC2)cc1.O=C(O)/C=C\C(=O)O.O=C(O)/C=C\C(=O)O. The van der Waals surface area contributed by atoms with Gasteiger partial charge in [-0.1, -0.05) is 32.0 Å². The van der Waals surface area contributed by atoms with Gasteiger partial charge in [0, 0.05) is 75.3 Å². The predicted molar refractivity (Wildman–Crippen MR) is 170 cm³/mol. The first-order valence-corrected chi connectivity index (χ1v) is 14.4. The summed E-state index contributed by atoms with van der Waals surface area (Å²) in [4.78, 5) is 43.1. The number of ether oxygens (including phenoxy) is 2. The number of benzene rings is 2. The predicted octanol–water partition coefficient (Wildman–Crippen LogP) is 2.05. The molecule has 0 radical (unpaired) electrons. The lowest BCUT2D eigenvalue weighted by molar-refractivity contribution is -0.134. The Morgan fingerprint density at radius 2 is 1.20 bits per heavy atom. The average molecular weight is 646 g/mol. The van der Waals surface area contributed by atoms with Crippen molar-refractivity contribution in [3.05, 3.63) is 78.9 Å². The topological polar surface area (TPSA) is 206 Å². The number of carboxylic acids is 4. The van der Waals surface area contributed by atoms with Crippen LogP contribution in [0.15, 0.2) is 78.9 Å². The quantitative estimate of drug-likeness (QED) is 0.153. The summed E-state index contributed by atoms with van der Waals surface area (Å²) in [5, 5.41) is 44.4. The summed E-state index contributed by atoms with van der Waals surface area (Å²) in [6, 6.07) is 18.6. The van der Waals surface area contributed by atoms with Gasteiger partial charge in [-0.05, 0) is 36.4 Å². The summed E-state index contributed by atoms with van der Waals surface area (Å²) in [6.45, 7) is 10.7. The van der Waals surface area contributed by atoms with Gasteiger partial charge in [-0.25, -0.2) is 19.2 Å². The minimum atomic E-state index is -1.26. The van der Waals surface area contributed by atoms with Gasteiger partial charge in [0.15, 0.2) is 0 Å². The Balaban J connectivity index is 0.000000545. The number of rotatable bonds is 15. The molecule has 252 valence electrons. The fourth-order valence-corrected chi connectivity index (χ4v) is 3.70. The summed E-state index contributed by atoms with van der Waals surface area (Å²) in [6.07, 6.45) is 1.71. The zero-order valence-electron chi connectivity index (χ0n) is 25.9. The molecule has 1 aliphatic heterocycles. The summed E-state index contributed by atoms with van der Waals surface area (Å²) < 4.78 is 11.5. The van der Waals surface area contributed by atoms with E-state index in [1.807, 2.05) is 24.3 Å². The third-order valence-corrected chi connectivity index (χ3v) is 5.93. The van der Waals surface area contributed by atoms with Crippen molar-refractivity contribution >= 4 is 29.6 Å². The van der Waals surface area contributed by atoms with E-state index in [2.05, 4.69) is 59.3 Å². The van der Waals surface area contributed by atoms with Crippen LogP contribution in [0.3, 0.4) is 0 Å². The lowest BCUT2D eigenvalue weighted by Gasteiger charge is -2.36. The molecule has 2 aromatic rings. The number of aliphatic carboxylic acids is 4. The molecule has 46 heavy (non-hydrogen) atoms. The van der Waals surface area contributed by atoms with Gasteiger partial charge in [-0.3, -0.25) is 4.90 Å². The normalized spacial score (nSPS) is 13.7. The highest BCUT2D eigenvalue weighted by atomic mass is 16.5. The third kappa shape index (κ3) is 20.1. The smallest absolute Gasteiger partial charge is 0.328 e. The van der Waals surface area contributed by atoms with Crippen LogP contribution in [0.5, 0.6) is 11.5 Å². The van der Waals surface area contributed by atoms with Crippen molar-refractivity contribution in [2.75, 3.05) is 57.4 Å². The summed E-state index contributed by atoms with van der Waals surface area (Å²) in [7, 11) is 0.